The Morgan fingerprint density at radius 1 is 1.35 bits per heavy atom. The largest absolute Gasteiger partial charge is 0.434 e. The zero-order valence-corrected chi connectivity index (χ0v) is 12.2. The highest BCUT2D eigenvalue weighted by Crippen LogP contribution is 2.30. The van der Waals surface area contributed by atoms with Crippen LogP contribution in [0.1, 0.15) is 28.8 Å². The van der Waals surface area contributed by atoms with E-state index in [2.05, 4.69) is 20.9 Å². The van der Waals surface area contributed by atoms with Crippen LogP contribution in [0.25, 0.3) is 5.69 Å². The second kappa shape index (κ2) is 5.05. The van der Waals surface area contributed by atoms with Gasteiger partial charge in [0.2, 0.25) is 0 Å². The van der Waals surface area contributed by atoms with E-state index in [0.717, 1.165) is 6.20 Å². The number of nitrogens with zero attached hydrogens (tertiary/aromatic N) is 2. The van der Waals surface area contributed by atoms with Crippen LogP contribution >= 0.6 is 15.9 Å². The van der Waals surface area contributed by atoms with E-state index in [1.54, 1.807) is 18.2 Å². The van der Waals surface area contributed by atoms with Gasteiger partial charge in [-0.2, -0.15) is 13.2 Å². The predicted octanol–water partition coefficient (Wildman–Crippen LogP) is 4.16. The maximum atomic E-state index is 12.7. The van der Waals surface area contributed by atoms with Crippen LogP contribution in [0.5, 0.6) is 0 Å². The maximum absolute atomic E-state index is 12.7. The van der Waals surface area contributed by atoms with Crippen LogP contribution < -0.4 is 0 Å². The molecule has 0 aliphatic heterocycles. The lowest BCUT2D eigenvalue weighted by atomic mass is 10.1. The number of aryl methyl sites for hydroxylation is 1. The van der Waals surface area contributed by atoms with Crippen LogP contribution in [0.3, 0.4) is 0 Å². The lowest BCUT2D eigenvalue weighted by molar-refractivity contribution is -0.141. The van der Waals surface area contributed by atoms with Crippen molar-refractivity contribution in [3.63, 3.8) is 0 Å². The number of carbonyl (C=O) groups excluding carboxylic acids is 1. The molecule has 0 N–H and O–H groups in total. The zero-order chi connectivity index (χ0) is 15.1. The Labute approximate surface area is 121 Å². The van der Waals surface area contributed by atoms with E-state index >= 15 is 0 Å². The van der Waals surface area contributed by atoms with E-state index in [9.17, 15) is 18.0 Å². The number of benzene rings is 1. The fraction of sp³-hybridized carbons (Fsp3) is 0.231. The SMILES string of the molecule is CC(=O)c1cc(Br)ccc1-n1cc(C(F)(F)F)nc1C. The van der Waals surface area contributed by atoms with Gasteiger partial charge in [-0.25, -0.2) is 4.98 Å². The molecule has 0 saturated heterocycles. The lowest BCUT2D eigenvalue weighted by Crippen LogP contribution is -2.05. The Balaban J connectivity index is 2.63. The maximum Gasteiger partial charge on any atom is 0.434 e. The molecule has 20 heavy (non-hydrogen) atoms. The highest BCUT2D eigenvalue weighted by molar-refractivity contribution is 9.10. The third-order valence-electron chi connectivity index (χ3n) is 2.77. The molecule has 2 rings (SSSR count). The zero-order valence-electron chi connectivity index (χ0n) is 10.6. The van der Waals surface area contributed by atoms with Crippen LogP contribution in [0, 0.1) is 6.92 Å². The fourth-order valence-corrected chi connectivity index (χ4v) is 2.21. The predicted molar refractivity (Wildman–Crippen MR) is 71.0 cm³/mol. The number of halogens is 4. The first-order valence-corrected chi connectivity index (χ1v) is 6.43. The van der Waals surface area contributed by atoms with Gasteiger partial charge in [0.1, 0.15) is 5.82 Å². The van der Waals surface area contributed by atoms with Gasteiger partial charge in [0.05, 0.1) is 5.69 Å². The minimum absolute atomic E-state index is 0.169. The summed E-state index contributed by atoms with van der Waals surface area (Å²) in [5.74, 6) is -0.0647. The fourth-order valence-electron chi connectivity index (χ4n) is 1.85. The molecule has 1 aromatic heterocycles. The molecule has 0 radical (unpaired) electrons. The van der Waals surface area contributed by atoms with Crippen molar-refractivity contribution in [1.82, 2.24) is 9.55 Å². The quantitative estimate of drug-likeness (QED) is 0.765. The average molecular weight is 347 g/mol. The molecule has 106 valence electrons. The lowest BCUT2D eigenvalue weighted by Gasteiger charge is -2.10. The summed E-state index contributed by atoms with van der Waals surface area (Å²) in [4.78, 5) is 15.1. The molecular formula is C13H10BrF3N2O. The van der Waals surface area contributed by atoms with Crippen molar-refractivity contribution in [3.05, 3.63) is 46.0 Å². The molecule has 1 heterocycles. The monoisotopic (exact) mass is 346 g/mol. The van der Waals surface area contributed by atoms with Crippen molar-refractivity contribution in [3.8, 4) is 5.69 Å². The molecule has 7 heteroatoms. The van der Waals surface area contributed by atoms with Crippen molar-refractivity contribution >= 4 is 21.7 Å². The molecule has 0 fully saturated rings. The van der Waals surface area contributed by atoms with E-state index in [1.165, 1.54) is 18.4 Å². The Morgan fingerprint density at radius 3 is 2.50 bits per heavy atom. The van der Waals surface area contributed by atoms with Crippen LogP contribution in [-0.4, -0.2) is 15.3 Å². The number of aromatic nitrogens is 2. The van der Waals surface area contributed by atoms with Crippen LogP contribution in [0.2, 0.25) is 0 Å². The Hall–Kier alpha value is -1.63. The number of ketones is 1. The van der Waals surface area contributed by atoms with Gasteiger partial charge in [-0.15, -0.1) is 0 Å². The second-order valence-corrected chi connectivity index (χ2v) is 5.17. The van der Waals surface area contributed by atoms with Crippen molar-refractivity contribution < 1.29 is 18.0 Å². The number of Topliss-reactive ketones (excluding diaryl/α,β-unsaturated/α-hetero) is 1. The topological polar surface area (TPSA) is 34.9 Å². The Kier molecular flexibility index (Phi) is 3.73. The van der Waals surface area contributed by atoms with E-state index in [1.807, 2.05) is 0 Å². The summed E-state index contributed by atoms with van der Waals surface area (Å²) in [5, 5.41) is 0. The summed E-state index contributed by atoms with van der Waals surface area (Å²) in [6.45, 7) is 2.82. The van der Waals surface area contributed by atoms with E-state index in [0.29, 0.717) is 15.7 Å². The molecular weight excluding hydrogens is 337 g/mol. The number of hydrogen-bond donors (Lipinski definition) is 0. The molecule has 0 unspecified atom stereocenters. The smallest absolute Gasteiger partial charge is 0.303 e. The molecule has 3 nitrogen and oxygen atoms in total. The molecule has 0 spiro atoms. The molecule has 0 atom stereocenters. The van der Waals surface area contributed by atoms with Crippen molar-refractivity contribution in [1.29, 1.82) is 0 Å². The van der Waals surface area contributed by atoms with Gasteiger partial charge in [-0.3, -0.25) is 4.79 Å². The van der Waals surface area contributed by atoms with E-state index < -0.39 is 11.9 Å². The van der Waals surface area contributed by atoms with Gasteiger partial charge in [-0.1, -0.05) is 15.9 Å². The van der Waals surface area contributed by atoms with Crippen LogP contribution in [0.4, 0.5) is 13.2 Å². The van der Waals surface area contributed by atoms with Crippen molar-refractivity contribution in [2.45, 2.75) is 20.0 Å². The Morgan fingerprint density at radius 2 is 2.00 bits per heavy atom. The molecule has 2 aromatic rings. The molecule has 0 aliphatic carbocycles. The molecule has 0 aliphatic rings. The summed E-state index contributed by atoms with van der Waals surface area (Å²) in [5.41, 5.74) is -0.276. The summed E-state index contributed by atoms with van der Waals surface area (Å²) in [6.07, 6.45) is -3.62. The van der Waals surface area contributed by atoms with Crippen molar-refractivity contribution in [2.24, 2.45) is 0 Å². The summed E-state index contributed by atoms with van der Waals surface area (Å²) >= 11 is 3.24. The van der Waals surface area contributed by atoms with Gasteiger partial charge in [0.15, 0.2) is 11.5 Å². The summed E-state index contributed by atoms with van der Waals surface area (Å²) in [6, 6.07) is 4.81. The van der Waals surface area contributed by atoms with Gasteiger partial charge >= 0.3 is 6.18 Å². The minimum Gasteiger partial charge on any atom is -0.303 e. The third-order valence-corrected chi connectivity index (χ3v) is 3.26. The first-order chi connectivity index (χ1) is 9.20. The first kappa shape index (κ1) is 14.8. The minimum atomic E-state index is -4.51. The number of alkyl halides is 3. The summed E-state index contributed by atoms with van der Waals surface area (Å²) < 4.78 is 40.0. The van der Waals surface area contributed by atoms with E-state index in [4.69, 9.17) is 0 Å². The van der Waals surface area contributed by atoms with Gasteiger partial charge in [0.25, 0.3) is 0 Å². The molecule has 0 bridgehead atoms. The van der Waals surface area contributed by atoms with Crippen LogP contribution in [-0.2, 0) is 6.18 Å². The first-order valence-electron chi connectivity index (χ1n) is 5.64. The van der Waals surface area contributed by atoms with Gasteiger partial charge < -0.3 is 4.57 Å². The standard InChI is InChI=1S/C13H10BrF3N2O/c1-7(20)10-5-9(14)3-4-11(10)19-6-12(13(15,16)17)18-8(19)2/h3-6H,1-2H3. The van der Waals surface area contributed by atoms with E-state index in [-0.39, 0.29) is 11.6 Å². The Bertz CT molecular complexity index is 677. The number of carbonyl (C=O) groups is 1. The number of hydrogen-bond acceptors (Lipinski definition) is 2. The van der Waals surface area contributed by atoms with Crippen molar-refractivity contribution in [2.75, 3.05) is 0 Å². The molecule has 0 amide bonds. The van der Waals surface area contributed by atoms with Crippen LogP contribution in [0.15, 0.2) is 28.9 Å². The number of rotatable bonds is 2. The highest BCUT2D eigenvalue weighted by Gasteiger charge is 2.34. The number of imidazole rings is 1. The molecule has 0 saturated carbocycles. The van der Waals surface area contributed by atoms with Gasteiger partial charge in [0, 0.05) is 16.2 Å². The highest BCUT2D eigenvalue weighted by atomic mass is 79.9. The normalized spacial score (nSPS) is 11.7. The third kappa shape index (κ3) is 2.77. The van der Waals surface area contributed by atoms with Gasteiger partial charge in [-0.05, 0) is 32.0 Å². The molecule has 1 aromatic carbocycles. The summed E-state index contributed by atoms with van der Waals surface area (Å²) in [7, 11) is 0. The average Bonchev–Trinajstić information content (AvgIpc) is 2.71. The second-order valence-electron chi connectivity index (χ2n) is 4.26.